The molecule has 0 atom stereocenters. The van der Waals surface area contributed by atoms with Crippen molar-refractivity contribution in [2.75, 3.05) is 0 Å². The van der Waals surface area contributed by atoms with Gasteiger partial charge in [-0.05, 0) is 42.0 Å². The Morgan fingerprint density at radius 2 is 1.93 bits per heavy atom. The van der Waals surface area contributed by atoms with Crippen LogP contribution in [0.1, 0.15) is 11.3 Å². The standard InChI is InChI=1S/C20H15ClFN3OS/c21-16-6-2-5-15(11-16)19-23-24-20(25(19)12-18-8-3-9-26-18)27-13-14-4-1-7-17(22)10-14/h1-11H,12-13H2. The smallest absolute Gasteiger partial charge is 0.192 e. The molecule has 0 bridgehead atoms. The van der Waals surface area contributed by atoms with E-state index in [9.17, 15) is 4.39 Å². The molecule has 7 heteroatoms. The molecule has 0 amide bonds. The van der Waals surface area contributed by atoms with E-state index in [-0.39, 0.29) is 5.82 Å². The molecule has 0 spiro atoms. The number of aromatic nitrogens is 3. The lowest BCUT2D eigenvalue weighted by Crippen LogP contribution is -2.03. The molecule has 0 aliphatic rings. The first-order valence-electron chi connectivity index (χ1n) is 8.28. The summed E-state index contributed by atoms with van der Waals surface area (Å²) in [7, 11) is 0. The second-order valence-corrected chi connectivity index (χ2v) is 7.28. The summed E-state index contributed by atoms with van der Waals surface area (Å²) in [6.07, 6.45) is 1.64. The van der Waals surface area contributed by atoms with Crippen molar-refractivity contribution in [1.29, 1.82) is 0 Å². The van der Waals surface area contributed by atoms with Crippen molar-refractivity contribution < 1.29 is 8.81 Å². The summed E-state index contributed by atoms with van der Waals surface area (Å²) in [5.74, 6) is 1.84. The van der Waals surface area contributed by atoms with Gasteiger partial charge < -0.3 is 4.42 Å². The van der Waals surface area contributed by atoms with Crippen LogP contribution in [0.3, 0.4) is 0 Å². The van der Waals surface area contributed by atoms with Gasteiger partial charge in [-0.1, -0.05) is 47.6 Å². The fourth-order valence-corrected chi connectivity index (χ4v) is 3.78. The Balaban J connectivity index is 1.66. The van der Waals surface area contributed by atoms with E-state index in [1.54, 1.807) is 12.3 Å². The normalized spacial score (nSPS) is 11.0. The summed E-state index contributed by atoms with van der Waals surface area (Å²) < 4.78 is 20.9. The first-order valence-corrected chi connectivity index (χ1v) is 9.64. The fraction of sp³-hybridized carbons (Fsp3) is 0.100. The van der Waals surface area contributed by atoms with Crippen molar-refractivity contribution in [3.05, 3.63) is 89.1 Å². The van der Waals surface area contributed by atoms with Gasteiger partial charge in [0, 0.05) is 16.3 Å². The molecule has 2 heterocycles. The molecule has 0 radical (unpaired) electrons. The average Bonchev–Trinajstić information content (AvgIpc) is 3.31. The summed E-state index contributed by atoms with van der Waals surface area (Å²) in [5.41, 5.74) is 1.76. The quantitative estimate of drug-likeness (QED) is 0.392. The molecule has 4 aromatic rings. The van der Waals surface area contributed by atoms with Crippen LogP contribution in [-0.4, -0.2) is 14.8 Å². The van der Waals surface area contributed by atoms with Gasteiger partial charge in [0.25, 0.3) is 0 Å². The molecule has 0 aliphatic heterocycles. The molecule has 0 saturated carbocycles. The summed E-state index contributed by atoms with van der Waals surface area (Å²) in [5, 5.41) is 10.1. The van der Waals surface area contributed by atoms with E-state index in [2.05, 4.69) is 10.2 Å². The largest absolute Gasteiger partial charge is 0.467 e. The van der Waals surface area contributed by atoms with Gasteiger partial charge in [0.15, 0.2) is 11.0 Å². The van der Waals surface area contributed by atoms with Crippen molar-refractivity contribution in [3.8, 4) is 11.4 Å². The van der Waals surface area contributed by atoms with Gasteiger partial charge in [0.1, 0.15) is 11.6 Å². The number of benzene rings is 2. The van der Waals surface area contributed by atoms with E-state index < -0.39 is 0 Å². The molecule has 27 heavy (non-hydrogen) atoms. The monoisotopic (exact) mass is 399 g/mol. The molecule has 0 fully saturated rings. The Morgan fingerprint density at radius 1 is 1.04 bits per heavy atom. The molecule has 0 aliphatic carbocycles. The Bertz CT molecular complexity index is 1050. The fourth-order valence-electron chi connectivity index (χ4n) is 2.71. The van der Waals surface area contributed by atoms with E-state index in [0.29, 0.717) is 23.1 Å². The first kappa shape index (κ1) is 17.8. The van der Waals surface area contributed by atoms with Crippen LogP contribution in [0.4, 0.5) is 4.39 Å². The minimum atomic E-state index is -0.246. The van der Waals surface area contributed by atoms with E-state index in [0.717, 1.165) is 22.0 Å². The van der Waals surface area contributed by atoms with E-state index in [1.807, 2.05) is 47.0 Å². The SMILES string of the molecule is Fc1cccc(CSc2nnc(-c3cccc(Cl)c3)n2Cc2ccco2)c1. The lowest BCUT2D eigenvalue weighted by Gasteiger charge is -2.09. The zero-order chi connectivity index (χ0) is 18.6. The molecular formula is C20H15ClFN3OS. The van der Waals surface area contributed by atoms with E-state index in [4.69, 9.17) is 16.0 Å². The van der Waals surface area contributed by atoms with E-state index in [1.165, 1.54) is 23.9 Å². The first-order chi connectivity index (χ1) is 13.2. The number of hydrogen-bond donors (Lipinski definition) is 0. The molecule has 2 aromatic heterocycles. The minimum absolute atomic E-state index is 0.246. The third-order valence-corrected chi connectivity index (χ3v) is 5.22. The van der Waals surface area contributed by atoms with Gasteiger partial charge in [-0.15, -0.1) is 10.2 Å². The molecule has 0 saturated heterocycles. The van der Waals surface area contributed by atoms with Crippen molar-refractivity contribution in [3.63, 3.8) is 0 Å². The maximum atomic E-state index is 13.4. The van der Waals surface area contributed by atoms with Crippen LogP contribution in [0.25, 0.3) is 11.4 Å². The van der Waals surface area contributed by atoms with Crippen molar-refractivity contribution in [1.82, 2.24) is 14.8 Å². The van der Waals surface area contributed by atoms with Gasteiger partial charge in [0.05, 0.1) is 12.8 Å². The van der Waals surface area contributed by atoms with Gasteiger partial charge in [-0.25, -0.2) is 4.39 Å². The van der Waals surface area contributed by atoms with Crippen LogP contribution >= 0.6 is 23.4 Å². The van der Waals surface area contributed by atoms with Crippen LogP contribution < -0.4 is 0 Å². The van der Waals surface area contributed by atoms with Gasteiger partial charge in [-0.3, -0.25) is 4.57 Å². The average molecular weight is 400 g/mol. The second kappa shape index (κ2) is 7.98. The number of rotatable bonds is 6. The van der Waals surface area contributed by atoms with Crippen LogP contribution in [0.15, 0.2) is 76.5 Å². The summed E-state index contributed by atoms with van der Waals surface area (Å²) in [4.78, 5) is 0. The molecule has 136 valence electrons. The number of furan rings is 1. The Hall–Kier alpha value is -2.57. The highest BCUT2D eigenvalue weighted by molar-refractivity contribution is 7.98. The summed E-state index contributed by atoms with van der Waals surface area (Å²) in [6, 6.07) is 17.8. The summed E-state index contributed by atoms with van der Waals surface area (Å²) >= 11 is 7.63. The predicted octanol–water partition coefficient (Wildman–Crippen LogP) is 5.67. The lowest BCUT2D eigenvalue weighted by atomic mass is 10.2. The minimum Gasteiger partial charge on any atom is -0.467 e. The number of hydrogen-bond acceptors (Lipinski definition) is 4. The van der Waals surface area contributed by atoms with Crippen LogP contribution in [0.2, 0.25) is 5.02 Å². The number of halogens is 2. The summed E-state index contributed by atoms with van der Waals surface area (Å²) in [6.45, 7) is 0.493. The highest BCUT2D eigenvalue weighted by Gasteiger charge is 2.16. The zero-order valence-electron chi connectivity index (χ0n) is 14.2. The third-order valence-electron chi connectivity index (χ3n) is 3.95. The Kier molecular flexibility index (Phi) is 5.27. The molecular weight excluding hydrogens is 385 g/mol. The van der Waals surface area contributed by atoms with Gasteiger partial charge in [0.2, 0.25) is 0 Å². The van der Waals surface area contributed by atoms with Crippen LogP contribution in [0.5, 0.6) is 0 Å². The lowest BCUT2D eigenvalue weighted by molar-refractivity contribution is 0.485. The molecule has 2 aromatic carbocycles. The Labute approximate surface area is 165 Å². The Morgan fingerprint density at radius 3 is 2.70 bits per heavy atom. The van der Waals surface area contributed by atoms with Crippen molar-refractivity contribution >= 4 is 23.4 Å². The second-order valence-electron chi connectivity index (χ2n) is 5.90. The molecule has 4 nitrogen and oxygen atoms in total. The highest BCUT2D eigenvalue weighted by Crippen LogP contribution is 2.28. The third kappa shape index (κ3) is 4.23. The van der Waals surface area contributed by atoms with Crippen molar-refractivity contribution in [2.45, 2.75) is 17.5 Å². The van der Waals surface area contributed by atoms with Gasteiger partial charge >= 0.3 is 0 Å². The van der Waals surface area contributed by atoms with Gasteiger partial charge in [-0.2, -0.15) is 0 Å². The predicted molar refractivity (Wildman–Crippen MR) is 104 cm³/mol. The van der Waals surface area contributed by atoms with Crippen LogP contribution in [-0.2, 0) is 12.3 Å². The number of nitrogens with zero attached hydrogens (tertiary/aromatic N) is 3. The zero-order valence-corrected chi connectivity index (χ0v) is 15.8. The molecule has 0 N–H and O–H groups in total. The van der Waals surface area contributed by atoms with Crippen molar-refractivity contribution in [2.24, 2.45) is 0 Å². The molecule has 4 rings (SSSR count). The highest BCUT2D eigenvalue weighted by atomic mass is 35.5. The topological polar surface area (TPSA) is 43.9 Å². The maximum Gasteiger partial charge on any atom is 0.192 e. The van der Waals surface area contributed by atoms with E-state index >= 15 is 0 Å². The molecule has 0 unspecified atom stereocenters. The van der Waals surface area contributed by atoms with Crippen LogP contribution in [0, 0.1) is 5.82 Å². The maximum absolute atomic E-state index is 13.4. The number of thioether (sulfide) groups is 1.